The Labute approximate surface area is 149 Å². The van der Waals surface area contributed by atoms with E-state index in [0.717, 1.165) is 22.9 Å². The van der Waals surface area contributed by atoms with Crippen molar-refractivity contribution < 1.29 is 4.79 Å². The van der Waals surface area contributed by atoms with Crippen LogP contribution in [0.4, 0.5) is 4.79 Å². The van der Waals surface area contributed by atoms with Crippen molar-refractivity contribution in [3.63, 3.8) is 0 Å². The average Bonchev–Trinajstić information content (AvgIpc) is 2.50. The molecule has 1 atom stereocenters. The molecule has 1 aromatic heterocycles. The van der Waals surface area contributed by atoms with Crippen LogP contribution in [-0.4, -0.2) is 27.5 Å². The first-order chi connectivity index (χ1) is 11.2. The first-order valence-electron chi connectivity index (χ1n) is 8.34. The van der Waals surface area contributed by atoms with Gasteiger partial charge in [-0.3, -0.25) is 0 Å². The third-order valence-electron chi connectivity index (χ3n) is 3.96. The zero-order valence-corrected chi connectivity index (χ0v) is 15.8. The summed E-state index contributed by atoms with van der Waals surface area (Å²) in [6.07, 6.45) is 0.871. The first kappa shape index (κ1) is 18.5. The van der Waals surface area contributed by atoms with Crippen molar-refractivity contribution in [1.29, 1.82) is 0 Å². The smallest absolute Gasteiger partial charge is 0.318 e. The Hall–Kier alpha value is -1.81. The minimum Gasteiger partial charge on any atom is -0.333 e. The molecule has 2 rings (SSSR count). The molecule has 2 aromatic rings. The van der Waals surface area contributed by atoms with Gasteiger partial charge in [-0.25, -0.2) is 9.78 Å². The van der Waals surface area contributed by atoms with E-state index in [4.69, 9.17) is 11.6 Å². The van der Waals surface area contributed by atoms with E-state index in [1.807, 2.05) is 62.9 Å². The predicted octanol–water partition coefficient (Wildman–Crippen LogP) is 5.00. The van der Waals surface area contributed by atoms with Crippen LogP contribution in [0.3, 0.4) is 0 Å². The molecule has 1 N–H and O–H groups in total. The van der Waals surface area contributed by atoms with Gasteiger partial charge in [-0.2, -0.15) is 0 Å². The van der Waals surface area contributed by atoms with E-state index in [0.29, 0.717) is 11.7 Å². The van der Waals surface area contributed by atoms with Gasteiger partial charge in [0.15, 0.2) is 0 Å². The minimum atomic E-state index is -0.284. The lowest BCUT2D eigenvalue weighted by Gasteiger charge is -2.32. The molecule has 0 aliphatic carbocycles. The summed E-state index contributed by atoms with van der Waals surface area (Å²) in [5.74, 6) is 0. The zero-order valence-electron chi connectivity index (χ0n) is 15.1. The van der Waals surface area contributed by atoms with Crippen molar-refractivity contribution in [1.82, 2.24) is 15.2 Å². The number of para-hydroxylation sites is 1. The Morgan fingerprint density at radius 1 is 1.33 bits per heavy atom. The maximum Gasteiger partial charge on any atom is 0.318 e. The van der Waals surface area contributed by atoms with Gasteiger partial charge in [0.2, 0.25) is 0 Å². The molecule has 0 radical (unpaired) electrons. The van der Waals surface area contributed by atoms with Crippen molar-refractivity contribution in [2.45, 2.75) is 59.2 Å². The molecule has 1 unspecified atom stereocenters. The zero-order chi connectivity index (χ0) is 17.9. The summed E-state index contributed by atoms with van der Waals surface area (Å²) in [4.78, 5) is 19.0. The summed E-state index contributed by atoms with van der Waals surface area (Å²) in [6.45, 7) is 10.5. The molecule has 130 valence electrons. The van der Waals surface area contributed by atoms with E-state index in [1.54, 1.807) is 0 Å². The standard InChI is InChI=1S/C19H26ClN3O/c1-6-13(2)23(18(24)22-19(3,4)5)12-15-11-14-9-7-8-10-16(14)21-17(15)20/h7-11,13H,6,12H2,1-5H3,(H,22,24). The molecule has 0 fully saturated rings. The van der Waals surface area contributed by atoms with E-state index in [2.05, 4.69) is 17.2 Å². The molecule has 0 saturated heterocycles. The summed E-state index contributed by atoms with van der Waals surface area (Å²) < 4.78 is 0. The van der Waals surface area contributed by atoms with Gasteiger partial charge in [-0.15, -0.1) is 0 Å². The number of urea groups is 1. The van der Waals surface area contributed by atoms with Crippen molar-refractivity contribution >= 4 is 28.5 Å². The largest absolute Gasteiger partial charge is 0.333 e. The summed E-state index contributed by atoms with van der Waals surface area (Å²) in [5, 5.41) is 4.51. The predicted molar refractivity (Wildman–Crippen MR) is 100 cm³/mol. The number of carbonyl (C=O) groups is 1. The van der Waals surface area contributed by atoms with Crippen molar-refractivity contribution in [3.8, 4) is 0 Å². The van der Waals surface area contributed by atoms with Crippen LogP contribution in [0.5, 0.6) is 0 Å². The number of carbonyl (C=O) groups excluding carboxylic acids is 1. The Balaban J connectivity index is 2.32. The number of nitrogens with one attached hydrogen (secondary N) is 1. The fourth-order valence-electron chi connectivity index (χ4n) is 2.47. The fourth-order valence-corrected chi connectivity index (χ4v) is 2.68. The Bertz CT molecular complexity index is 724. The number of nitrogens with zero attached hydrogens (tertiary/aromatic N) is 2. The Kier molecular flexibility index (Phi) is 5.70. The lowest BCUT2D eigenvalue weighted by atomic mass is 10.1. The van der Waals surface area contributed by atoms with E-state index in [1.165, 1.54) is 0 Å². The van der Waals surface area contributed by atoms with Crippen LogP contribution < -0.4 is 5.32 Å². The van der Waals surface area contributed by atoms with Gasteiger partial charge >= 0.3 is 6.03 Å². The number of halogens is 1. The van der Waals surface area contributed by atoms with E-state index >= 15 is 0 Å². The van der Waals surface area contributed by atoms with Crippen molar-refractivity contribution in [2.24, 2.45) is 0 Å². The number of fused-ring (bicyclic) bond motifs is 1. The normalized spacial score (nSPS) is 12.9. The van der Waals surface area contributed by atoms with Crippen LogP contribution in [0, 0.1) is 0 Å². The molecular formula is C19H26ClN3O. The van der Waals surface area contributed by atoms with E-state index in [-0.39, 0.29) is 17.6 Å². The molecule has 0 aliphatic heterocycles. The summed E-state index contributed by atoms with van der Waals surface area (Å²) >= 11 is 6.36. The number of aromatic nitrogens is 1. The van der Waals surface area contributed by atoms with Crippen LogP contribution in [0.1, 0.15) is 46.6 Å². The van der Waals surface area contributed by atoms with E-state index in [9.17, 15) is 4.79 Å². The van der Waals surface area contributed by atoms with Gasteiger partial charge in [0.1, 0.15) is 5.15 Å². The molecule has 1 heterocycles. The molecule has 0 saturated carbocycles. The lowest BCUT2D eigenvalue weighted by Crippen LogP contribution is -2.50. The number of hydrogen-bond donors (Lipinski definition) is 1. The monoisotopic (exact) mass is 347 g/mol. The Morgan fingerprint density at radius 2 is 2.00 bits per heavy atom. The number of amides is 2. The topological polar surface area (TPSA) is 45.2 Å². The lowest BCUT2D eigenvalue weighted by molar-refractivity contribution is 0.165. The van der Waals surface area contributed by atoms with Crippen LogP contribution in [0.25, 0.3) is 10.9 Å². The highest BCUT2D eigenvalue weighted by molar-refractivity contribution is 6.30. The Morgan fingerprint density at radius 3 is 2.62 bits per heavy atom. The molecule has 5 heteroatoms. The van der Waals surface area contributed by atoms with Gasteiger partial charge in [-0.05, 0) is 46.2 Å². The van der Waals surface area contributed by atoms with Gasteiger partial charge in [0, 0.05) is 22.5 Å². The first-order valence-corrected chi connectivity index (χ1v) is 8.72. The second-order valence-electron chi connectivity index (χ2n) is 7.20. The van der Waals surface area contributed by atoms with Crippen LogP contribution in [0.2, 0.25) is 5.15 Å². The van der Waals surface area contributed by atoms with Crippen LogP contribution in [0.15, 0.2) is 30.3 Å². The number of rotatable bonds is 4. The van der Waals surface area contributed by atoms with Gasteiger partial charge in [0.05, 0.1) is 12.1 Å². The highest BCUT2D eigenvalue weighted by Crippen LogP contribution is 2.23. The van der Waals surface area contributed by atoms with Crippen molar-refractivity contribution in [3.05, 3.63) is 41.0 Å². The maximum absolute atomic E-state index is 12.7. The molecule has 24 heavy (non-hydrogen) atoms. The van der Waals surface area contributed by atoms with Gasteiger partial charge in [-0.1, -0.05) is 36.7 Å². The van der Waals surface area contributed by atoms with Gasteiger partial charge < -0.3 is 10.2 Å². The highest BCUT2D eigenvalue weighted by Gasteiger charge is 2.24. The van der Waals surface area contributed by atoms with Crippen molar-refractivity contribution in [2.75, 3.05) is 0 Å². The highest BCUT2D eigenvalue weighted by atomic mass is 35.5. The third-order valence-corrected chi connectivity index (χ3v) is 4.28. The number of benzene rings is 1. The molecule has 1 aromatic carbocycles. The van der Waals surface area contributed by atoms with Crippen LogP contribution in [-0.2, 0) is 6.54 Å². The summed E-state index contributed by atoms with van der Waals surface area (Å²) in [7, 11) is 0. The molecular weight excluding hydrogens is 322 g/mol. The third kappa shape index (κ3) is 4.60. The quantitative estimate of drug-likeness (QED) is 0.791. The van der Waals surface area contributed by atoms with Gasteiger partial charge in [0.25, 0.3) is 0 Å². The molecule has 4 nitrogen and oxygen atoms in total. The molecule has 0 bridgehead atoms. The summed E-state index contributed by atoms with van der Waals surface area (Å²) in [6, 6.07) is 9.89. The fraction of sp³-hybridized carbons (Fsp3) is 0.474. The number of pyridine rings is 1. The molecule has 0 aliphatic rings. The SMILES string of the molecule is CCC(C)N(Cc1cc2ccccc2nc1Cl)C(=O)NC(C)(C)C. The van der Waals surface area contributed by atoms with E-state index < -0.39 is 0 Å². The maximum atomic E-state index is 12.7. The second kappa shape index (κ2) is 7.39. The number of hydrogen-bond acceptors (Lipinski definition) is 2. The van der Waals surface area contributed by atoms with Crippen LogP contribution >= 0.6 is 11.6 Å². The molecule has 0 spiro atoms. The summed E-state index contributed by atoms with van der Waals surface area (Å²) in [5.41, 5.74) is 1.44. The molecule has 2 amide bonds. The second-order valence-corrected chi connectivity index (χ2v) is 7.55. The minimum absolute atomic E-state index is 0.0823. The average molecular weight is 348 g/mol.